The van der Waals surface area contributed by atoms with Gasteiger partial charge in [-0.25, -0.2) is 4.98 Å². The van der Waals surface area contributed by atoms with Crippen molar-refractivity contribution in [3.8, 4) is 0 Å². The zero-order valence-corrected chi connectivity index (χ0v) is 14.8. The Balaban J connectivity index is 1.48. The molecule has 0 spiro atoms. The second kappa shape index (κ2) is 8.11. The van der Waals surface area contributed by atoms with Gasteiger partial charge in [-0.3, -0.25) is 9.48 Å². The van der Waals surface area contributed by atoms with Crippen LogP contribution in [0.25, 0.3) is 0 Å². The van der Waals surface area contributed by atoms with Crippen molar-refractivity contribution in [1.29, 1.82) is 0 Å². The molecule has 0 aliphatic carbocycles. The van der Waals surface area contributed by atoms with Crippen molar-refractivity contribution in [1.82, 2.24) is 20.1 Å². The number of hydrogen-bond acceptors (Lipinski definition) is 5. The SMILES string of the molecule is C[C@H]1CN(c2ccc(C(=O)NCCCn3cccn3)cn2)C[C@H](C)O1. The van der Waals surface area contributed by atoms with E-state index < -0.39 is 0 Å². The van der Waals surface area contributed by atoms with E-state index in [0.29, 0.717) is 12.1 Å². The molecular formula is C18H25N5O2. The van der Waals surface area contributed by atoms with Gasteiger partial charge in [0.15, 0.2) is 0 Å². The van der Waals surface area contributed by atoms with Crippen molar-refractivity contribution in [3.63, 3.8) is 0 Å². The highest BCUT2D eigenvalue weighted by Gasteiger charge is 2.23. The minimum absolute atomic E-state index is 0.0942. The average Bonchev–Trinajstić information content (AvgIpc) is 3.11. The molecule has 1 aliphatic heterocycles. The summed E-state index contributed by atoms with van der Waals surface area (Å²) in [5, 5.41) is 7.06. The number of aromatic nitrogens is 3. The summed E-state index contributed by atoms with van der Waals surface area (Å²) >= 11 is 0. The van der Waals surface area contributed by atoms with Crippen molar-refractivity contribution < 1.29 is 9.53 Å². The first-order valence-corrected chi connectivity index (χ1v) is 8.74. The number of nitrogens with zero attached hydrogens (tertiary/aromatic N) is 4. The van der Waals surface area contributed by atoms with Gasteiger partial charge in [-0.15, -0.1) is 0 Å². The second-order valence-electron chi connectivity index (χ2n) is 6.45. The molecule has 2 atom stereocenters. The highest BCUT2D eigenvalue weighted by Crippen LogP contribution is 2.18. The molecule has 0 aromatic carbocycles. The average molecular weight is 343 g/mol. The van der Waals surface area contributed by atoms with E-state index in [4.69, 9.17) is 4.74 Å². The highest BCUT2D eigenvalue weighted by molar-refractivity contribution is 5.94. The van der Waals surface area contributed by atoms with Gasteiger partial charge in [0.25, 0.3) is 5.91 Å². The van der Waals surface area contributed by atoms with E-state index in [9.17, 15) is 4.79 Å². The van der Waals surface area contributed by atoms with Gasteiger partial charge < -0.3 is 15.0 Å². The van der Waals surface area contributed by atoms with E-state index in [1.807, 2.05) is 29.1 Å². The Hall–Kier alpha value is -2.41. The smallest absolute Gasteiger partial charge is 0.252 e. The molecule has 1 N–H and O–H groups in total. The Morgan fingerprint density at radius 3 is 2.76 bits per heavy atom. The summed E-state index contributed by atoms with van der Waals surface area (Å²) in [7, 11) is 0. The van der Waals surface area contributed by atoms with Crippen molar-refractivity contribution in [2.75, 3.05) is 24.5 Å². The first-order valence-electron chi connectivity index (χ1n) is 8.74. The predicted octanol–water partition coefficient (Wildman–Crippen LogP) is 1.71. The molecule has 0 unspecified atom stereocenters. The highest BCUT2D eigenvalue weighted by atomic mass is 16.5. The first kappa shape index (κ1) is 17.4. The lowest BCUT2D eigenvalue weighted by molar-refractivity contribution is -0.00546. The van der Waals surface area contributed by atoms with Gasteiger partial charge in [-0.2, -0.15) is 5.10 Å². The van der Waals surface area contributed by atoms with Gasteiger partial charge in [0.1, 0.15) is 5.82 Å². The standard InChI is InChI=1S/C18H25N5O2/c1-14-12-22(13-15(2)25-14)17-6-5-16(11-20-17)18(24)19-7-3-9-23-10-4-8-21-23/h4-6,8,10-11,14-15H,3,7,9,12-13H2,1-2H3,(H,19,24)/t14-,15-/m0/s1. The number of ether oxygens (including phenoxy) is 1. The van der Waals surface area contributed by atoms with Crippen LogP contribution in [0.4, 0.5) is 5.82 Å². The van der Waals surface area contributed by atoms with Crippen LogP contribution in [-0.4, -0.2) is 52.5 Å². The Morgan fingerprint density at radius 2 is 2.12 bits per heavy atom. The van der Waals surface area contributed by atoms with Crippen LogP contribution in [0.15, 0.2) is 36.8 Å². The van der Waals surface area contributed by atoms with Crippen molar-refractivity contribution in [2.45, 2.75) is 39.0 Å². The third-order valence-electron chi connectivity index (χ3n) is 4.16. The van der Waals surface area contributed by atoms with Gasteiger partial charge >= 0.3 is 0 Å². The van der Waals surface area contributed by atoms with Crippen LogP contribution in [0, 0.1) is 0 Å². The second-order valence-corrected chi connectivity index (χ2v) is 6.45. The van der Waals surface area contributed by atoms with E-state index >= 15 is 0 Å². The molecule has 1 fully saturated rings. The molecule has 2 aromatic rings. The van der Waals surface area contributed by atoms with Crippen molar-refractivity contribution in [3.05, 3.63) is 42.4 Å². The number of carbonyl (C=O) groups is 1. The summed E-state index contributed by atoms with van der Waals surface area (Å²) in [6, 6.07) is 5.63. The molecule has 0 bridgehead atoms. The number of amides is 1. The topological polar surface area (TPSA) is 72.3 Å². The third kappa shape index (κ3) is 4.79. The number of morpholine rings is 1. The Kier molecular flexibility index (Phi) is 5.65. The van der Waals surface area contributed by atoms with Crippen LogP contribution in [0.3, 0.4) is 0 Å². The molecule has 1 saturated heterocycles. The molecule has 3 heterocycles. The molecule has 0 saturated carbocycles. The van der Waals surface area contributed by atoms with E-state index in [1.54, 1.807) is 12.4 Å². The lowest BCUT2D eigenvalue weighted by atomic mass is 10.2. The number of hydrogen-bond donors (Lipinski definition) is 1. The summed E-state index contributed by atoms with van der Waals surface area (Å²) in [5.74, 6) is 0.792. The van der Waals surface area contributed by atoms with Gasteiger partial charge in [-0.1, -0.05) is 0 Å². The lowest BCUT2D eigenvalue weighted by Crippen LogP contribution is -2.45. The predicted molar refractivity (Wildman–Crippen MR) is 95.6 cm³/mol. The van der Waals surface area contributed by atoms with Gasteiger partial charge in [-0.05, 0) is 38.5 Å². The molecule has 1 aliphatic rings. The summed E-state index contributed by atoms with van der Waals surface area (Å²) in [5.41, 5.74) is 0.581. The van der Waals surface area contributed by atoms with Crippen molar-refractivity contribution in [2.24, 2.45) is 0 Å². The zero-order chi connectivity index (χ0) is 17.6. The lowest BCUT2D eigenvalue weighted by Gasteiger charge is -2.36. The molecule has 1 amide bonds. The zero-order valence-electron chi connectivity index (χ0n) is 14.8. The number of aryl methyl sites for hydroxylation is 1. The van der Waals surface area contributed by atoms with Crippen LogP contribution < -0.4 is 10.2 Å². The van der Waals surface area contributed by atoms with Crippen LogP contribution in [-0.2, 0) is 11.3 Å². The minimum Gasteiger partial charge on any atom is -0.372 e. The van der Waals surface area contributed by atoms with E-state index in [1.165, 1.54) is 0 Å². The Bertz CT molecular complexity index is 661. The number of carbonyl (C=O) groups excluding carboxylic acids is 1. The van der Waals surface area contributed by atoms with Crippen LogP contribution in [0.5, 0.6) is 0 Å². The van der Waals surface area contributed by atoms with E-state index in [0.717, 1.165) is 31.9 Å². The van der Waals surface area contributed by atoms with E-state index in [-0.39, 0.29) is 18.1 Å². The molecule has 134 valence electrons. The maximum absolute atomic E-state index is 12.2. The number of pyridine rings is 1. The number of rotatable bonds is 6. The van der Waals surface area contributed by atoms with Crippen LogP contribution in [0.1, 0.15) is 30.6 Å². The maximum atomic E-state index is 12.2. The number of nitrogens with one attached hydrogen (secondary N) is 1. The molecule has 7 nitrogen and oxygen atoms in total. The molecule has 7 heteroatoms. The molecule has 2 aromatic heterocycles. The number of anilines is 1. The van der Waals surface area contributed by atoms with Gasteiger partial charge in [0.05, 0.1) is 17.8 Å². The van der Waals surface area contributed by atoms with Gasteiger partial charge in [0, 0.05) is 44.8 Å². The normalized spacial score (nSPS) is 20.5. The molecule has 0 radical (unpaired) electrons. The first-order chi connectivity index (χ1) is 12.1. The summed E-state index contributed by atoms with van der Waals surface area (Å²) < 4.78 is 7.60. The summed E-state index contributed by atoms with van der Waals surface area (Å²) in [6.45, 7) is 7.16. The minimum atomic E-state index is -0.0942. The monoisotopic (exact) mass is 343 g/mol. The summed E-state index contributed by atoms with van der Waals surface area (Å²) in [4.78, 5) is 18.8. The summed E-state index contributed by atoms with van der Waals surface area (Å²) in [6.07, 6.45) is 6.51. The molecule has 25 heavy (non-hydrogen) atoms. The van der Waals surface area contributed by atoms with Crippen LogP contribution in [0.2, 0.25) is 0 Å². The fourth-order valence-electron chi connectivity index (χ4n) is 3.05. The van der Waals surface area contributed by atoms with Gasteiger partial charge in [0.2, 0.25) is 0 Å². The molecule has 3 rings (SSSR count). The van der Waals surface area contributed by atoms with Crippen molar-refractivity contribution >= 4 is 11.7 Å². The third-order valence-corrected chi connectivity index (χ3v) is 4.16. The van der Waals surface area contributed by atoms with E-state index in [2.05, 4.69) is 34.1 Å². The maximum Gasteiger partial charge on any atom is 0.252 e. The fourth-order valence-corrected chi connectivity index (χ4v) is 3.05. The molecular weight excluding hydrogens is 318 g/mol. The Morgan fingerprint density at radius 1 is 1.32 bits per heavy atom. The largest absolute Gasteiger partial charge is 0.372 e. The fraction of sp³-hybridized carbons (Fsp3) is 0.500. The Labute approximate surface area is 148 Å². The quantitative estimate of drug-likeness (QED) is 0.809. The van der Waals surface area contributed by atoms with Crippen LogP contribution >= 0.6 is 0 Å².